The maximum atomic E-state index is 13.5. The lowest BCUT2D eigenvalue weighted by molar-refractivity contribution is -0.132. The Kier molecular flexibility index (Phi) is 8.58. The number of aliphatic hydroxyl groups is 1. The summed E-state index contributed by atoms with van der Waals surface area (Å²) in [7, 11) is 1.55. The molecule has 1 fully saturated rings. The van der Waals surface area contributed by atoms with E-state index in [1.54, 1.807) is 80.8 Å². The van der Waals surface area contributed by atoms with Crippen LogP contribution in [0.4, 0.5) is 5.69 Å². The van der Waals surface area contributed by atoms with Gasteiger partial charge >= 0.3 is 5.97 Å². The van der Waals surface area contributed by atoms with Crippen LogP contribution >= 0.6 is 0 Å². The first-order valence-electron chi connectivity index (χ1n) is 13.2. The van der Waals surface area contributed by atoms with E-state index in [2.05, 4.69) is 0 Å². The molecule has 3 aromatic rings. The number of benzene rings is 3. The average molecular weight is 544 g/mol. The van der Waals surface area contributed by atoms with E-state index in [1.807, 2.05) is 20.8 Å². The summed E-state index contributed by atoms with van der Waals surface area (Å²) < 4.78 is 16.1. The van der Waals surface area contributed by atoms with Crippen molar-refractivity contribution in [3.63, 3.8) is 0 Å². The SMILES string of the molecule is CCOC(=O)c1ccc(N2C(=O)C(=O)/C(=C(\O)c3ccc(OCC)c(C(C)C)c3)C2c2ccc(OC)cc2)cc1. The van der Waals surface area contributed by atoms with E-state index in [9.17, 15) is 19.5 Å². The Morgan fingerprint density at radius 2 is 1.57 bits per heavy atom. The van der Waals surface area contributed by atoms with Crippen molar-refractivity contribution < 1.29 is 33.7 Å². The van der Waals surface area contributed by atoms with Crippen molar-refractivity contribution in [3.05, 3.63) is 94.6 Å². The topological polar surface area (TPSA) is 102 Å². The van der Waals surface area contributed by atoms with Crippen molar-refractivity contribution in [2.24, 2.45) is 0 Å². The Hall–Kier alpha value is -4.59. The van der Waals surface area contributed by atoms with Crippen LogP contribution < -0.4 is 14.4 Å². The number of rotatable bonds is 9. The van der Waals surface area contributed by atoms with Crippen LogP contribution in [0.5, 0.6) is 11.5 Å². The lowest BCUT2D eigenvalue weighted by atomic mass is 9.93. The molecule has 0 saturated carbocycles. The standard InChI is InChI=1S/C32H33NO7/c1-6-39-26-17-12-22(18-25(26)19(3)4)29(34)27-28(20-10-15-24(38-5)16-11-20)33(31(36)30(27)35)23-13-8-21(9-14-23)32(37)40-7-2/h8-19,28,34H,6-7H2,1-5H3/b29-27-. The molecule has 1 atom stereocenters. The van der Waals surface area contributed by atoms with Crippen molar-refractivity contribution in [3.8, 4) is 11.5 Å². The lowest BCUT2D eigenvalue weighted by Crippen LogP contribution is -2.29. The summed E-state index contributed by atoms with van der Waals surface area (Å²) in [5, 5.41) is 11.6. The minimum absolute atomic E-state index is 0.0384. The van der Waals surface area contributed by atoms with Crippen LogP contribution in [0.3, 0.4) is 0 Å². The van der Waals surface area contributed by atoms with E-state index in [0.717, 1.165) is 5.56 Å². The summed E-state index contributed by atoms with van der Waals surface area (Å²) in [6.45, 7) is 8.36. The zero-order valence-electron chi connectivity index (χ0n) is 23.3. The molecule has 8 nitrogen and oxygen atoms in total. The number of ether oxygens (including phenoxy) is 3. The second-order valence-electron chi connectivity index (χ2n) is 9.55. The molecule has 0 bridgehead atoms. The lowest BCUT2D eigenvalue weighted by Gasteiger charge is -2.26. The molecular weight excluding hydrogens is 510 g/mol. The maximum absolute atomic E-state index is 13.5. The number of hydrogen-bond donors (Lipinski definition) is 1. The van der Waals surface area contributed by atoms with Crippen LogP contribution in [0.15, 0.2) is 72.3 Å². The number of ketones is 1. The molecule has 0 aromatic heterocycles. The molecule has 40 heavy (non-hydrogen) atoms. The van der Waals surface area contributed by atoms with Gasteiger partial charge in [-0.1, -0.05) is 26.0 Å². The number of amides is 1. The van der Waals surface area contributed by atoms with E-state index in [0.29, 0.717) is 40.5 Å². The Morgan fingerprint density at radius 1 is 0.925 bits per heavy atom. The predicted octanol–water partition coefficient (Wildman–Crippen LogP) is 6.02. The first-order chi connectivity index (χ1) is 19.2. The van der Waals surface area contributed by atoms with Crippen LogP contribution in [-0.4, -0.2) is 43.1 Å². The fourth-order valence-corrected chi connectivity index (χ4v) is 4.76. The third-order valence-corrected chi connectivity index (χ3v) is 6.74. The number of nitrogens with zero attached hydrogens (tertiary/aromatic N) is 1. The normalized spacial score (nSPS) is 16.4. The van der Waals surface area contributed by atoms with Gasteiger partial charge < -0.3 is 19.3 Å². The van der Waals surface area contributed by atoms with Gasteiger partial charge in [-0.05, 0) is 85.5 Å². The molecule has 0 spiro atoms. The number of hydrogen-bond acceptors (Lipinski definition) is 7. The Morgan fingerprint density at radius 3 is 2.15 bits per heavy atom. The van der Waals surface area contributed by atoms with Gasteiger partial charge in [0.2, 0.25) is 0 Å². The van der Waals surface area contributed by atoms with E-state index in [-0.39, 0.29) is 23.9 Å². The zero-order chi connectivity index (χ0) is 29.0. The van der Waals surface area contributed by atoms with Crippen LogP contribution in [0.1, 0.15) is 66.7 Å². The average Bonchev–Trinajstić information content (AvgIpc) is 3.23. The van der Waals surface area contributed by atoms with E-state index < -0.39 is 23.7 Å². The van der Waals surface area contributed by atoms with Crippen LogP contribution in [-0.2, 0) is 14.3 Å². The van der Waals surface area contributed by atoms with Gasteiger partial charge in [-0.25, -0.2) is 4.79 Å². The fraction of sp³-hybridized carbons (Fsp3) is 0.281. The van der Waals surface area contributed by atoms with Gasteiger partial charge in [0.1, 0.15) is 17.3 Å². The Balaban J connectivity index is 1.88. The first-order valence-corrected chi connectivity index (χ1v) is 13.2. The molecule has 1 N–H and O–H groups in total. The van der Waals surface area contributed by atoms with Gasteiger partial charge in [-0.2, -0.15) is 0 Å². The number of aliphatic hydroxyl groups excluding tert-OH is 1. The van der Waals surface area contributed by atoms with Crippen molar-refractivity contribution in [2.75, 3.05) is 25.2 Å². The van der Waals surface area contributed by atoms with Gasteiger partial charge in [0.15, 0.2) is 0 Å². The van der Waals surface area contributed by atoms with E-state index in [4.69, 9.17) is 14.2 Å². The van der Waals surface area contributed by atoms with Crippen LogP contribution in [0.2, 0.25) is 0 Å². The summed E-state index contributed by atoms with van der Waals surface area (Å²) in [5.41, 5.74) is 2.55. The number of esters is 1. The molecule has 1 aliphatic heterocycles. The molecule has 8 heteroatoms. The quantitative estimate of drug-likeness (QED) is 0.152. The molecule has 0 aliphatic carbocycles. The highest BCUT2D eigenvalue weighted by molar-refractivity contribution is 6.51. The van der Waals surface area contributed by atoms with Crippen molar-refractivity contribution in [2.45, 2.75) is 39.7 Å². The monoisotopic (exact) mass is 543 g/mol. The molecule has 1 aliphatic rings. The van der Waals surface area contributed by atoms with Gasteiger partial charge in [-0.3, -0.25) is 14.5 Å². The smallest absolute Gasteiger partial charge is 0.338 e. The highest BCUT2D eigenvalue weighted by Crippen LogP contribution is 2.43. The third-order valence-electron chi connectivity index (χ3n) is 6.74. The molecule has 4 rings (SSSR count). The fourth-order valence-electron chi connectivity index (χ4n) is 4.76. The van der Waals surface area contributed by atoms with Gasteiger partial charge in [-0.15, -0.1) is 0 Å². The van der Waals surface area contributed by atoms with Crippen LogP contribution in [0, 0.1) is 0 Å². The first kappa shape index (κ1) is 28.4. The summed E-state index contributed by atoms with van der Waals surface area (Å²) in [5.74, 6) is -0.981. The van der Waals surface area contributed by atoms with Gasteiger partial charge in [0, 0.05) is 11.3 Å². The van der Waals surface area contributed by atoms with Crippen LogP contribution in [0.25, 0.3) is 5.76 Å². The number of carbonyl (C=O) groups is 3. The summed E-state index contributed by atoms with van der Waals surface area (Å²) in [4.78, 5) is 40.5. The third kappa shape index (κ3) is 5.43. The minimum atomic E-state index is -0.923. The van der Waals surface area contributed by atoms with Crippen molar-refractivity contribution in [1.29, 1.82) is 0 Å². The highest BCUT2D eigenvalue weighted by Gasteiger charge is 2.47. The Bertz CT molecular complexity index is 1440. The highest BCUT2D eigenvalue weighted by atomic mass is 16.5. The molecule has 1 unspecified atom stereocenters. The predicted molar refractivity (Wildman–Crippen MR) is 152 cm³/mol. The zero-order valence-corrected chi connectivity index (χ0v) is 23.3. The van der Waals surface area contributed by atoms with Gasteiger partial charge in [0.25, 0.3) is 11.7 Å². The van der Waals surface area contributed by atoms with E-state index >= 15 is 0 Å². The second kappa shape index (κ2) is 12.1. The summed E-state index contributed by atoms with van der Waals surface area (Å²) >= 11 is 0. The molecule has 1 saturated heterocycles. The van der Waals surface area contributed by atoms with Crippen molar-refractivity contribution in [1.82, 2.24) is 0 Å². The Labute approximate surface area is 233 Å². The largest absolute Gasteiger partial charge is 0.507 e. The molecule has 0 radical (unpaired) electrons. The molecular formula is C32H33NO7. The van der Waals surface area contributed by atoms with Gasteiger partial charge in [0.05, 0.1) is 37.5 Å². The molecule has 208 valence electrons. The summed E-state index contributed by atoms with van der Waals surface area (Å²) in [6.07, 6.45) is 0. The van der Waals surface area contributed by atoms with E-state index in [1.165, 1.54) is 4.90 Å². The molecule has 1 amide bonds. The minimum Gasteiger partial charge on any atom is -0.507 e. The maximum Gasteiger partial charge on any atom is 0.338 e. The summed E-state index contributed by atoms with van der Waals surface area (Å²) in [6, 6.07) is 17.5. The number of anilines is 1. The molecule has 3 aromatic carbocycles. The number of carbonyl (C=O) groups excluding carboxylic acids is 3. The second-order valence-corrected chi connectivity index (χ2v) is 9.55. The van der Waals surface area contributed by atoms with Crippen molar-refractivity contribution >= 4 is 29.1 Å². The number of Topliss-reactive ketones (excluding diaryl/α,β-unsaturated/α-hetero) is 1. The molecule has 1 heterocycles. The number of methoxy groups -OCH3 is 1.